The number of halogens is 2. The number of piperazine rings is 1. The van der Waals surface area contributed by atoms with Gasteiger partial charge in [0.15, 0.2) is 11.6 Å². The second-order valence-electron chi connectivity index (χ2n) is 7.02. The van der Waals surface area contributed by atoms with Gasteiger partial charge >= 0.3 is 0 Å². The molecule has 0 radical (unpaired) electrons. The molecule has 0 amide bonds. The van der Waals surface area contributed by atoms with Gasteiger partial charge < -0.3 is 4.90 Å². The number of benzene rings is 1. The van der Waals surface area contributed by atoms with Gasteiger partial charge in [0.25, 0.3) is 0 Å². The van der Waals surface area contributed by atoms with Crippen LogP contribution in [-0.4, -0.2) is 58.7 Å². The van der Waals surface area contributed by atoms with E-state index in [0.29, 0.717) is 48.4 Å². The summed E-state index contributed by atoms with van der Waals surface area (Å²) in [6.07, 6.45) is 3.53. The highest BCUT2D eigenvalue weighted by Gasteiger charge is 2.31. The van der Waals surface area contributed by atoms with Gasteiger partial charge in [0, 0.05) is 43.6 Å². The van der Waals surface area contributed by atoms with Crippen molar-refractivity contribution in [3.63, 3.8) is 0 Å². The molecule has 0 spiro atoms. The summed E-state index contributed by atoms with van der Waals surface area (Å²) < 4.78 is 29.4. The molecule has 30 heavy (non-hydrogen) atoms. The Morgan fingerprint density at radius 3 is 2.20 bits per heavy atom. The van der Waals surface area contributed by atoms with Crippen molar-refractivity contribution in [3.8, 4) is 5.82 Å². The average Bonchev–Trinajstić information content (AvgIpc) is 3.16. The molecule has 0 unspecified atom stereocenters. The van der Waals surface area contributed by atoms with Crippen LogP contribution < -0.4 is 4.90 Å². The summed E-state index contributed by atoms with van der Waals surface area (Å²) in [5.74, 6) is 2.21. The Morgan fingerprint density at radius 1 is 0.933 bits per heavy atom. The fourth-order valence-electron chi connectivity index (χ4n) is 3.36. The zero-order valence-electron chi connectivity index (χ0n) is 16.5. The molecule has 4 rings (SSSR count). The largest absolute Gasteiger partial charge is 0.352 e. The van der Waals surface area contributed by atoms with Crippen LogP contribution in [0, 0.1) is 13.8 Å². The first-order valence-corrected chi connectivity index (χ1v) is 11.5. The van der Waals surface area contributed by atoms with E-state index >= 15 is 0 Å². The fraction of sp³-hybridized carbons (Fsp3) is 0.316. The monoisotopic (exact) mass is 466 g/mol. The third-order valence-electron chi connectivity index (χ3n) is 5.10. The normalized spacial score (nSPS) is 15.5. The molecule has 1 aromatic carbocycles. The smallest absolute Gasteiger partial charge is 0.244 e. The molecule has 0 atom stereocenters. The lowest BCUT2D eigenvalue weighted by molar-refractivity contribution is 0.383. The number of sulfonamides is 1. The first-order chi connectivity index (χ1) is 14.3. The Bertz CT molecular complexity index is 1170. The van der Waals surface area contributed by atoms with E-state index in [1.54, 1.807) is 13.1 Å². The van der Waals surface area contributed by atoms with Crippen LogP contribution in [0.4, 0.5) is 5.82 Å². The van der Waals surface area contributed by atoms with E-state index in [-0.39, 0.29) is 9.92 Å². The van der Waals surface area contributed by atoms with Gasteiger partial charge in [-0.2, -0.15) is 4.31 Å². The highest BCUT2D eigenvalue weighted by Crippen LogP contribution is 2.31. The van der Waals surface area contributed by atoms with Crippen molar-refractivity contribution >= 4 is 39.0 Å². The lowest BCUT2D eigenvalue weighted by Crippen LogP contribution is -2.49. The zero-order valence-corrected chi connectivity index (χ0v) is 18.8. The van der Waals surface area contributed by atoms with Crippen LogP contribution in [0.15, 0.2) is 41.6 Å². The van der Waals surface area contributed by atoms with Gasteiger partial charge in [0.05, 0.1) is 5.02 Å². The highest BCUT2D eigenvalue weighted by molar-refractivity contribution is 7.89. The second kappa shape index (κ2) is 8.14. The number of anilines is 1. The first kappa shape index (κ1) is 21.0. The van der Waals surface area contributed by atoms with Crippen molar-refractivity contribution in [2.24, 2.45) is 0 Å². The van der Waals surface area contributed by atoms with Gasteiger partial charge in [-0.1, -0.05) is 23.2 Å². The third kappa shape index (κ3) is 3.90. The van der Waals surface area contributed by atoms with E-state index in [1.165, 1.54) is 16.4 Å². The number of hydrogen-bond acceptors (Lipinski definition) is 6. The van der Waals surface area contributed by atoms with Crippen LogP contribution in [0.25, 0.3) is 5.82 Å². The Labute approximate surface area is 185 Å². The summed E-state index contributed by atoms with van der Waals surface area (Å²) in [7, 11) is -3.71. The van der Waals surface area contributed by atoms with E-state index in [4.69, 9.17) is 23.2 Å². The molecule has 11 heteroatoms. The lowest BCUT2D eigenvalue weighted by Gasteiger charge is -2.34. The Morgan fingerprint density at radius 2 is 1.60 bits per heavy atom. The van der Waals surface area contributed by atoms with E-state index in [1.807, 2.05) is 34.7 Å². The Kier molecular flexibility index (Phi) is 5.71. The number of imidazole rings is 1. The van der Waals surface area contributed by atoms with Crippen LogP contribution >= 0.6 is 23.2 Å². The topological polar surface area (TPSA) is 84.2 Å². The van der Waals surface area contributed by atoms with Gasteiger partial charge in [0.2, 0.25) is 10.0 Å². The fourth-order valence-corrected chi connectivity index (χ4v) is 5.59. The van der Waals surface area contributed by atoms with Crippen LogP contribution in [-0.2, 0) is 10.0 Å². The van der Waals surface area contributed by atoms with Crippen LogP contribution in [0.2, 0.25) is 10.0 Å². The number of aryl methyl sites for hydroxylation is 2. The van der Waals surface area contributed by atoms with Crippen LogP contribution in [0.3, 0.4) is 0 Å². The SMILES string of the molecule is Cc1cc(S(=O)(=O)N2CCN(c3ccc(-n4ccnc4C)nn3)CC2)c(Cl)cc1Cl. The van der Waals surface area contributed by atoms with Crippen molar-refractivity contribution in [1.29, 1.82) is 0 Å². The number of aromatic nitrogens is 4. The van der Waals surface area contributed by atoms with Crippen LogP contribution in [0.5, 0.6) is 0 Å². The molecule has 2 aromatic heterocycles. The van der Waals surface area contributed by atoms with Crippen molar-refractivity contribution in [1.82, 2.24) is 24.1 Å². The van der Waals surface area contributed by atoms with Crippen molar-refractivity contribution in [3.05, 3.63) is 58.1 Å². The zero-order chi connectivity index (χ0) is 21.5. The Balaban J connectivity index is 1.47. The van der Waals surface area contributed by atoms with E-state index < -0.39 is 10.0 Å². The number of nitrogens with zero attached hydrogens (tertiary/aromatic N) is 6. The molecule has 8 nitrogen and oxygen atoms in total. The molecule has 1 saturated heterocycles. The molecular formula is C19H20Cl2N6O2S. The molecule has 1 fully saturated rings. The second-order valence-corrected chi connectivity index (χ2v) is 9.74. The molecule has 0 N–H and O–H groups in total. The minimum Gasteiger partial charge on any atom is -0.352 e. The summed E-state index contributed by atoms with van der Waals surface area (Å²) in [6, 6.07) is 6.75. The molecule has 3 aromatic rings. The summed E-state index contributed by atoms with van der Waals surface area (Å²) in [5.41, 5.74) is 0.668. The van der Waals surface area contributed by atoms with Gasteiger partial charge in [-0.05, 0) is 43.7 Å². The Hall–Kier alpha value is -2.20. The van der Waals surface area contributed by atoms with Gasteiger partial charge in [0.1, 0.15) is 10.7 Å². The van der Waals surface area contributed by atoms with E-state index in [2.05, 4.69) is 15.2 Å². The predicted octanol–water partition coefficient (Wildman–Crippen LogP) is 3.10. The standard InChI is InChI=1S/C19H20Cl2N6O2S/c1-13-11-17(16(21)12-15(13)20)30(28,29)26-9-7-25(8-10-26)18-3-4-19(24-23-18)27-6-5-22-14(27)2/h3-6,11-12H,7-10H2,1-2H3. The van der Waals surface area contributed by atoms with Gasteiger partial charge in [-0.3, -0.25) is 4.57 Å². The highest BCUT2D eigenvalue weighted by atomic mass is 35.5. The quantitative estimate of drug-likeness (QED) is 0.587. The summed E-state index contributed by atoms with van der Waals surface area (Å²) in [4.78, 5) is 6.28. The molecule has 1 aliphatic heterocycles. The average molecular weight is 467 g/mol. The molecule has 0 saturated carbocycles. The number of hydrogen-bond donors (Lipinski definition) is 0. The minimum atomic E-state index is -3.71. The lowest BCUT2D eigenvalue weighted by atomic mass is 10.2. The maximum absolute atomic E-state index is 13.1. The summed E-state index contributed by atoms with van der Waals surface area (Å²) >= 11 is 12.2. The van der Waals surface area contributed by atoms with Crippen LogP contribution in [0.1, 0.15) is 11.4 Å². The molecule has 3 heterocycles. The van der Waals surface area contributed by atoms with Crippen molar-refractivity contribution < 1.29 is 8.42 Å². The molecule has 1 aliphatic rings. The minimum absolute atomic E-state index is 0.0827. The summed E-state index contributed by atoms with van der Waals surface area (Å²) in [5, 5.41) is 9.15. The third-order valence-corrected chi connectivity index (χ3v) is 7.87. The first-order valence-electron chi connectivity index (χ1n) is 9.32. The predicted molar refractivity (Wildman–Crippen MR) is 116 cm³/mol. The van der Waals surface area contributed by atoms with Crippen molar-refractivity contribution in [2.45, 2.75) is 18.7 Å². The van der Waals surface area contributed by atoms with E-state index in [9.17, 15) is 8.42 Å². The maximum Gasteiger partial charge on any atom is 0.244 e. The summed E-state index contributed by atoms with van der Waals surface area (Å²) in [6.45, 7) is 5.30. The van der Waals surface area contributed by atoms with Gasteiger partial charge in [-0.15, -0.1) is 10.2 Å². The molecule has 158 valence electrons. The molecule has 0 aliphatic carbocycles. The number of rotatable bonds is 4. The van der Waals surface area contributed by atoms with Crippen molar-refractivity contribution in [2.75, 3.05) is 31.1 Å². The van der Waals surface area contributed by atoms with E-state index in [0.717, 1.165) is 5.82 Å². The molecular weight excluding hydrogens is 447 g/mol. The molecule has 0 bridgehead atoms. The van der Waals surface area contributed by atoms with Gasteiger partial charge in [-0.25, -0.2) is 13.4 Å². The maximum atomic E-state index is 13.1.